The predicted octanol–water partition coefficient (Wildman–Crippen LogP) is 3.29. The quantitative estimate of drug-likeness (QED) is 0.761. The lowest BCUT2D eigenvalue weighted by atomic mass is 10.2. The Hall–Kier alpha value is -1.60. The van der Waals surface area contributed by atoms with Crippen molar-refractivity contribution in [2.45, 2.75) is 30.1 Å². The SMILES string of the molecule is C[C@H](NC(=O)CSc1nnc(Nc2ccccc2)s1)C1CC1. The Labute approximate surface area is 137 Å². The minimum Gasteiger partial charge on any atom is -0.353 e. The fraction of sp³-hybridized carbons (Fsp3) is 0.400. The number of nitrogens with one attached hydrogen (secondary N) is 2. The number of anilines is 2. The van der Waals surface area contributed by atoms with E-state index in [2.05, 4.69) is 27.8 Å². The summed E-state index contributed by atoms with van der Waals surface area (Å²) < 4.78 is 0.799. The topological polar surface area (TPSA) is 66.9 Å². The van der Waals surface area contributed by atoms with E-state index in [0.717, 1.165) is 15.2 Å². The molecule has 1 atom stereocenters. The molecule has 22 heavy (non-hydrogen) atoms. The van der Waals surface area contributed by atoms with Gasteiger partial charge in [0.1, 0.15) is 0 Å². The van der Waals surface area contributed by atoms with E-state index in [1.165, 1.54) is 35.9 Å². The van der Waals surface area contributed by atoms with Crippen LogP contribution in [0.1, 0.15) is 19.8 Å². The maximum absolute atomic E-state index is 11.9. The second-order valence-electron chi connectivity index (χ2n) is 5.35. The molecule has 0 bridgehead atoms. The van der Waals surface area contributed by atoms with Crippen molar-refractivity contribution in [3.8, 4) is 0 Å². The molecule has 1 fully saturated rings. The zero-order chi connectivity index (χ0) is 15.4. The highest BCUT2D eigenvalue weighted by Gasteiger charge is 2.28. The van der Waals surface area contributed by atoms with Crippen LogP contribution < -0.4 is 10.6 Å². The smallest absolute Gasteiger partial charge is 0.230 e. The minimum atomic E-state index is 0.0668. The van der Waals surface area contributed by atoms with Crippen molar-refractivity contribution in [1.82, 2.24) is 15.5 Å². The van der Waals surface area contributed by atoms with E-state index in [9.17, 15) is 4.79 Å². The number of carbonyl (C=O) groups is 1. The molecule has 1 aromatic heterocycles. The zero-order valence-corrected chi connectivity index (χ0v) is 13.9. The van der Waals surface area contributed by atoms with Gasteiger partial charge in [-0.25, -0.2) is 0 Å². The van der Waals surface area contributed by atoms with Gasteiger partial charge >= 0.3 is 0 Å². The van der Waals surface area contributed by atoms with Crippen LogP contribution in [0.2, 0.25) is 0 Å². The van der Waals surface area contributed by atoms with E-state index < -0.39 is 0 Å². The molecule has 0 unspecified atom stereocenters. The van der Waals surface area contributed by atoms with E-state index in [1.54, 1.807) is 0 Å². The van der Waals surface area contributed by atoms with Gasteiger partial charge < -0.3 is 10.6 Å². The number of benzene rings is 1. The van der Waals surface area contributed by atoms with Gasteiger partial charge in [0.2, 0.25) is 11.0 Å². The molecule has 0 aliphatic heterocycles. The van der Waals surface area contributed by atoms with Crippen LogP contribution in [-0.2, 0) is 4.79 Å². The van der Waals surface area contributed by atoms with Crippen LogP contribution in [-0.4, -0.2) is 27.9 Å². The third-order valence-corrected chi connectivity index (χ3v) is 5.45. The fourth-order valence-electron chi connectivity index (χ4n) is 2.10. The lowest BCUT2D eigenvalue weighted by Crippen LogP contribution is -2.35. The first-order valence-electron chi connectivity index (χ1n) is 7.28. The van der Waals surface area contributed by atoms with Gasteiger partial charge in [-0.05, 0) is 37.8 Å². The molecule has 1 aliphatic rings. The summed E-state index contributed by atoms with van der Waals surface area (Å²) in [5.74, 6) is 1.13. The summed E-state index contributed by atoms with van der Waals surface area (Å²) >= 11 is 2.88. The maximum atomic E-state index is 11.9. The highest BCUT2D eigenvalue weighted by Crippen LogP contribution is 2.32. The Morgan fingerprint density at radius 3 is 2.86 bits per heavy atom. The summed E-state index contributed by atoms with van der Waals surface area (Å²) in [5, 5.41) is 15.2. The van der Waals surface area contributed by atoms with Crippen LogP contribution in [0.4, 0.5) is 10.8 Å². The molecule has 0 saturated heterocycles. The first-order chi connectivity index (χ1) is 10.7. The largest absolute Gasteiger partial charge is 0.353 e. The maximum Gasteiger partial charge on any atom is 0.230 e. The molecule has 1 aromatic carbocycles. The van der Waals surface area contributed by atoms with Gasteiger partial charge in [-0.1, -0.05) is 41.3 Å². The number of hydrogen-bond acceptors (Lipinski definition) is 6. The van der Waals surface area contributed by atoms with Gasteiger partial charge in [0.15, 0.2) is 4.34 Å². The number of hydrogen-bond donors (Lipinski definition) is 2. The molecule has 2 aromatic rings. The predicted molar refractivity (Wildman–Crippen MR) is 90.7 cm³/mol. The molecule has 1 amide bonds. The van der Waals surface area contributed by atoms with E-state index in [1.807, 2.05) is 30.3 Å². The van der Waals surface area contributed by atoms with Crippen LogP contribution >= 0.6 is 23.1 Å². The van der Waals surface area contributed by atoms with Gasteiger partial charge in [-0.15, -0.1) is 10.2 Å². The third-order valence-electron chi connectivity index (χ3n) is 3.48. The number of para-hydroxylation sites is 1. The van der Waals surface area contributed by atoms with E-state index in [4.69, 9.17) is 0 Å². The second kappa shape index (κ2) is 7.11. The summed E-state index contributed by atoms with van der Waals surface area (Å²) in [5.41, 5.74) is 0.978. The monoisotopic (exact) mass is 334 g/mol. The summed E-state index contributed by atoms with van der Waals surface area (Å²) in [6, 6.07) is 10.1. The average molecular weight is 334 g/mol. The number of carbonyl (C=O) groups excluding carboxylic acids is 1. The van der Waals surface area contributed by atoms with Crippen LogP contribution in [0.15, 0.2) is 34.7 Å². The van der Waals surface area contributed by atoms with E-state index >= 15 is 0 Å². The molecular weight excluding hydrogens is 316 g/mol. The molecule has 116 valence electrons. The van der Waals surface area contributed by atoms with E-state index in [-0.39, 0.29) is 11.9 Å². The average Bonchev–Trinajstić information content (AvgIpc) is 3.28. The minimum absolute atomic E-state index is 0.0668. The summed E-state index contributed by atoms with van der Waals surface area (Å²) in [6.45, 7) is 2.08. The normalized spacial score (nSPS) is 15.3. The first-order valence-corrected chi connectivity index (χ1v) is 9.08. The summed E-state index contributed by atoms with van der Waals surface area (Å²) in [6.07, 6.45) is 2.47. The van der Waals surface area contributed by atoms with Crippen molar-refractivity contribution in [1.29, 1.82) is 0 Å². The van der Waals surface area contributed by atoms with Crippen LogP contribution in [0.25, 0.3) is 0 Å². The van der Waals surface area contributed by atoms with Crippen molar-refractivity contribution >= 4 is 39.8 Å². The molecule has 2 N–H and O–H groups in total. The van der Waals surface area contributed by atoms with E-state index in [0.29, 0.717) is 11.7 Å². The molecule has 0 spiro atoms. The standard InChI is InChI=1S/C15H18N4OS2/c1-10(11-7-8-11)16-13(20)9-21-15-19-18-14(22-15)17-12-5-3-2-4-6-12/h2-6,10-11H,7-9H2,1H3,(H,16,20)(H,17,18)/t10-/m0/s1. The first kappa shape index (κ1) is 15.3. The number of aromatic nitrogens is 2. The third kappa shape index (κ3) is 4.45. The van der Waals surface area contributed by atoms with Gasteiger partial charge in [0.25, 0.3) is 0 Å². The number of thioether (sulfide) groups is 1. The second-order valence-corrected chi connectivity index (χ2v) is 7.55. The molecule has 1 saturated carbocycles. The lowest BCUT2D eigenvalue weighted by molar-refractivity contribution is -0.119. The van der Waals surface area contributed by atoms with Crippen LogP contribution in [0.5, 0.6) is 0 Å². The molecule has 1 aliphatic carbocycles. The van der Waals surface area contributed by atoms with Crippen molar-refractivity contribution < 1.29 is 4.79 Å². The van der Waals surface area contributed by atoms with Gasteiger partial charge in [0.05, 0.1) is 5.75 Å². The highest BCUT2D eigenvalue weighted by molar-refractivity contribution is 8.01. The van der Waals surface area contributed by atoms with Gasteiger partial charge in [-0.2, -0.15) is 0 Å². The number of nitrogens with zero attached hydrogens (tertiary/aromatic N) is 2. The molecular formula is C15H18N4OS2. The van der Waals surface area contributed by atoms with Crippen LogP contribution in [0.3, 0.4) is 0 Å². The summed E-state index contributed by atoms with van der Waals surface area (Å²) in [4.78, 5) is 11.9. The van der Waals surface area contributed by atoms with Crippen molar-refractivity contribution in [2.75, 3.05) is 11.1 Å². The Balaban J connectivity index is 1.46. The summed E-state index contributed by atoms with van der Waals surface area (Å²) in [7, 11) is 0. The number of amides is 1. The molecule has 3 rings (SSSR count). The fourth-order valence-corrected chi connectivity index (χ4v) is 3.68. The van der Waals surface area contributed by atoms with Gasteiger partial charge in [-0.3, -0.25) is 4.79 Å². The zero-order valence-electron chi connectivity index (χ0n) is 12.3. The molecule has 1 heterocycles. The van der Waals surface area contributed by atoms with Crippen molar-refractivity contribution in [3.05, 3.63) is 30.3 Å². The highest BCUT2D eigenvalue weighted by atomic mass is 32.2. The van der Waals surface area contributed by atoms with Crippen LogP contribution in [0, 0.1) is 5.92 Å². The Bertz CT molecular complexity index is 627. The number of rotatable bonds is 7. The lowest BCUT2D eigenvalue weighted by Gasteiger charge is -2.11. The van der Waals surface area contributed by atoms with Crippen molar-refractivity contribution in [2.24, 2.45) is 5.92 Å². The molecule has 0 radical (unpaired) electrons. The molecule has 5 nitrogen and oxygen atoms in total. The van der Waals surface area contributed by atoms with Crippen molar-refractivity contribution in [3.63, 3.8) is 0 Å². The van der Waals surface area contributed by atoms with Gasteiger partial charge in [0, 0.05) is 11.7 Å². The Kier molecular flexibility index (Phi) is 4.94. The molecule has 7 heteroatoms. The Morgan fingerprint density at radius 2 is 2.14 bits per heavy atom. The Morgan fingerprint density at radius 1 is 1.36 bits per heavy atom.